The zero-order valence-electron chi connectivity index (χ0n) is 13.2. The van der Waals surface area contributed by atoms with Crippen molar-refractivity contribution in [1.29, 1.82) is 0 Å². The maximum absolute atomic E-state index is 12.3. The van der Waals surface area contributed by atoms with Crippen LogP contribution in [0.15, 0.2) is 18.2 Å². The average molecular weight is 358 g/mol. The van der Waals surface area contributed by atoms with E-state index < -0.39 is 17.5 Å². The van der Waals surface area contributed by atoms with Gasteiger partial charge in [-0.05, 0) is 44.7 Å². The van der Waals surface area contributed by atoms with Crippen molar-refractivity contribution in [3.05, 3.63) is 33.8 Å². The first kappa shape index (κ1) is 18.0. The Morgan fingerprint density at radius 2 is 2.04 bits per heavy atom. The maximum atomic E-state index is 12.3. The molecule has 1 aromatic carbocycles. The second kappa shape index (κ2) is 7.07. The molecule has 2 amide bonds. The second-order valence-electron chi connectivity index (χ2n) is 6.18. The van der Waals surface area contributed by atoms with Gasteiger partial charge >= 0.3 is 0 Å². The van der Waals surface area contributed by atoms with Crippen LogP contribution in [0.5, 0.6) is 0 Å². The van der Waals surface area contributed by atoms with E-state index in [9.17, 15) is 9.59 Å². The third-order valence-electron chi connectivity index (χ3n) is 4.25. The van der Waals surface area contributed by atoms with Gasteiger partial charge in [-0.3, -0.25) is 9.59 Å². The molecule has 126 valence electrons. The molecule has 0 aromatic heterocycles. The van der Waals surface area contributed by atoms with Crippen LogP contribution in [0, 0.1) is 5.92 Å². The van der Waals surface area contributed by atoms with Gasteiger partial charge in [0, 0.05) is 6.54 Å². The lowest BCUT2D eigenvalue weighted by Gasteiger charge is -2.31. The van der Waals surface area contributed by atoms with Gasteiger partial charge in [-0.2, -0.15) is 0 Å². The summed E-state index contributed by atoms with van der Waals surface area (Å²) < 4.78 is 0. The molecule has 4 N–H and O–H groups in total. The molecule has 5 nitrogen and oxygen atoms in total. The van der Waals surface area contributed by atoms with Crippen LogP contribution in [0.3, 0.4) is 0 Å². The van der Waals surface area contributed by atoms with Crippen LogP contribution in [0.25, 0.3) is 0 Å². The summed E-state index contributed by atoms with van der Waals surface area (Å²) in [5.41, 5.74) is 5.60. The highest BCUT2D eigenvalue weighted by Gasteiger charge is 2.42. The second-order valence-corrected chi connectivity index (χ2v) is 6.97. The van der Waals surface area contributed by atoms with Gasteiger partial charge in [-0.25, -0.2) is 0 Å². The standard InChI is InChI=1S/C16H21Cl2N3O2/c1-9(14(22)21-16(2,8-19)10-6-7-10)20-15(23)11-4-3-5-12(17)13(11)18/h3-5,9-10H,6-8,19H2,1-2H3,(H,20,23)(H,21,22). The molecule has 2 atom stereocenters. The van der Waals surface area contributed by atoms with E-state index in [4.69, 9.17) is 28.9 Å². The maximum Gasteiger partial charge on any atom is 0.253 e. The molecule has 2 rings (SSSR count). The van der Waals surface area contributed by atoms with Gasteiger partial charge < -0.3 is 16.4 Å². The largest absolute Gasteiger partial charge is 0.348 e. The number of carbonyl (C=O) groups excluding carboxylic acids is 2. The summed E-state index contributed by atoms with van der Waals surface area (Å²) in [6.07, 6.45) is 2.12. The van der Waals surface area contributed by atoms with Crippen molar-refractivity contribution in [1.82, 2.24) is 10.6 Å². The molecule has 0 heterocycles. The summed E-state index contributed by atoms with van der Waals surface area (Å²) in [5.74, 6) is -0.306. The summed E-state index contributed by atoms with van der Waals surface area (Å²) in [6, 6.07) is 4.08. The first-order valence-electron chi connectivity index (χ1n) is 7.55. The lowest BCUT2D eigenvalue weighted by molar-refractivity contribution is -0.124. The minimum absolute atomic E-state index is 0.170. The average Bonchev–Trinajstić information content (AvgIpc) is 3.34. The molecule has 1 aliphatic rings. The number of halogens is 2. The molecule has 0 saturated heterocycles. The molecule has 1 aromatic rings. The molecule has 0 bridgehead atoms. The molecule has 23 heavy (non-hydrogen) atoms. The number of rotatable bonds is 6. The fraction of sp³-hybridized carbons (Fsp3) is 0.500. The number of nitrogens with two attached hydrogens (primary N) is 1. The highest BCUT2D eigenvalue weighted by molar-refractivity contribution is 6.43. The van der Waals surface area contributed by atoms with Gasteiger partial charge in [0.25, 0.3) is 5.91 Å². The van der Waals surface area contributed by atoms with E-state index in [1.165, 1.54) is 0 Å². The highest BCUT2D eigenvalue weighted by Crippen LogP contribution is 2.39. The van der Waals surface area contributed by atoms with Crippen molar-refractivity contribution < 1.29 is 9.59 Å². The lowest BCUT2D eigenvalue weighted by Crippen LogP contribution is -2.57. The molecule has 7 heteroatoms. The van der Waals surface area contributed by atoms with Gasteiger partial charge in [0.15, 0.2) is 0 Å². The number of carbonyl (C=O) groups is 2. The van der Waals surface area contributed by atoms with E-state index >= 15 is 0 Å². The molecular formula is C16H21Cl2N3O2. The van der Waals surface area contributed by atoms with Gasteiger partial charge in [-0.15, -0.1) is 0 Å². The van der Waals surface area contributed by atoms with E-state index in [1.54, 1.807) is 25.1 Å². The summed E-state index contributed by atoms with van der Waals surface area (Å²) in [5, 5.41) is 6.05. The third-order valence-corrected chi connectivity index (χ3v) is 5.07. The van der Waals surface area contributed by atoms with Crippen molar-refractivity contribution in [3.63, 3.8) is 0 Å². The highest BCUT2D eigenvalue weighted by atomic mass is 35.5. The van der Waals surface area contributed by atoms with Crippen molar-refractivity contribution in [3.8, 4) is 0 Å². The van der Waals surface area contributed by atoms with E-state index in [0.29, 0.717) is 17.5 Å². The molecule has 2 unspecified atom stereocenters. The minimum Gasteiger partial charge on any atom is -0.348 e. The van der Waals surface area contributed by atoms with Crippen molar-refractivity contribution in [2.45, 2.75) is 38.3 Å². The minimum atomic E-state index is -0.706. The fourth-order valence-electron chi connectivity index (χ4n) is 2.45. The number of nitrogens with one attached hydrogen (secondary N) is 2. The van der Waals surface area contributed by atoms with Crippen LogP contribution in [0.2, 0.25) is 10.0 Å². The number of hydrogen-bond donors (Lipinski definition) is 3. The fourth-order valence-corrected chi connectivity index (χ4v) is 2.84. The Morgan fingerprint density at radius 3 is 2.61 bits per heavy atom. The molecule has 1 saturated carbocycles. The summed E-state index contributed by atoms with van der Waals surface area (Å²) in [7, 11) is 0. The summed E-state index contributed by atoms with van der Waals surface area (Å²) in [6.45, 7) is 3.92. The molecule has 1 aliphatic carbocycles. The zero-order valence-corrected chi connectivity index (χ0v) is 14.7. The van der Waals surface area contributed by atoms with Crippen molar-refractivity contribution >= 4 is 35.0 Å². The Hall–Kier alpha value is -1.30. The molecule has 1 fully saturated rings. The number of hydrogen-bond acceptors (Lipinski definition) is 3. The summed E-state index contributed by atoms with van der Waals surface area (Å²) in [4.78, 5) is 24.6. The molecule has 0 aliphatic heterocycles. The summed E-state index contributed by atoms with van der Waals surface area (Å²) >= 11 is 11.9. The number of benzene rings is 1. The van der Waals surface area contributed by atoms with E-state index in [0.717, 1.165) is 12.8 Å². The lowest BCUT2D eigenvalue weighted by atomic mass is 9.95. The van der Waals surface area contributed by atoms with Crippen LogP contribution in [0.4, 0.5) is 0 Å². The molecule has 0 radical (unpaired) electrons. The smallest absolute Gasteiger partial charge is 0.253 e. The SMILES string of the molecule is CC(NC(=O)c1cccc(Cl)c1Cl)C(=O)NC(C)(CN)C1CC1. The number of amides is 2. The van der Waals surface area contributed by atoms with Gasteiger partial charge in [0.1, 0.15) is 6.04 Å². The van der Waals surface area contributed by atoms with Gasteiger partial charge in [0.05, 0.1) is 21.1 Å². The topological polar surface area (TPSA) is 84.2 Å². The Morgan fingerprint density at radius 1 is 1.39 bits per heavy atom. The van der Waals surface area contributed by atoms with E-state index in [1.807, 2.05) is 6.92 Å². The molecule has 0 spiro atoms. The Bertz CT molecular complexity index is 619. The van der Waals surface area contributed by atoms with Crippen molar-refractivity contribution in [2.75, 3.05) is 6.54 Å². The van der Waals surface area contributed by atoms with Crippen LogP contribution in [0.1, 0.15) is 37.0 Å². The monoisotopic (exact) mass is 357 g/mol. The van der Waals surface area contributed by atoms with Gasteiger partial charge in [-0.1, -0.05) is 29.3 Å². The molecular weight excluding hydrogens is 337 g/mol. The first-order chi connectivity index (χ1) is 10.8. The van der Waals surface area contributed by atoms with Crippen LogP contribution >= 0.6 is 23.2 Å². The van der Waals surface area contributed by atoms with Crippen molar-refractivity contribution in [2.24, 2.45) is 11.7 Å². The Balaban J connectivity index is 2.00. The Labute approximate surface area is 145 Å². The van der Waals surface area contributed by atoms with Crippen LogP contribution in [-0.2, 0) is 4.79 Å². The van der Waals surface area contributed by atoms with E-state index in [2.05, 4.69) is 10.6 Å². The van der Waals surface area contributed by atoms with E-state index in [-0.39, 0.29) is 16.5 Å². The first-order valence-corrected chi connectivity index (χ1v) is 8.31. The third kappa shape index (κ3) is 4.16. The Kier molecular flexibility index (Phi) is 5.55. The van der Waals surface area contributed by atoms with Crippen LogP contribution < -0.4 is 16.4 Å². The normalized spacial score (nSPS) is 18.0. The quantitative estimate of drug-likeness (QED) is 0.730. The predicted octanol–water partition coefficient (Wildman–Crippen LogP) is 2.36. The van der Waals surface area contributed by atoms with Crippen LogP contribution in [-0.4, -0.2) is 29.9 Å². The predicted molar refractivity (Wildman–Crippen MR) is 91.7 cm³/mol. The van der Waals surface area contributed by atoms with Gasteiger partial charge in [0.2, 0.25) is 5.91 Å². The zero-order chi connectivity index (χ0) is 17.2.